The average Bonchev–Trinajstić information content (AvgIpc) is 3.23. The lowest BCUT2D eigenvalue weighted by Crippen LogP contribution is -2.29. The van der Waals surface area contributed by atoms with Crippen LogP contribution < -0.4 is 15.5 Å². The number of aromatic nitrogens is 2. The molecule has 0 bridgehead atoms. The number of amidine groups is 1. The van der Waals surface area contributed by atoms with Gasteiger partial charge in [0.1, 0.15) is 12.4 Å². The van der Waals surface area contributed by atoms with Crippen LogP contribution in [-0.2, 0) is 21.4 Å². The molecule has 0 radical (unpaired) electrons. The molecule has 2 heterocycles. The van der Waals surface area contributed by atoms with Gasteiger partial charge in [0.2, 0.25) is 11.3 Å². The zero-order chi connectivity index (χ0) is 21.1. The van der Waals surface area contributed by atoms with Crippen LogP contribution >= 0.6 is 0 Å². The molecule has 1 aliphatic heterocycles. The first kappa shape index (κ1) is 19.8. The second kappa shape index (κ2) is 8.07. The zero-order valence-corrected chi connectivity index (χ0v) is 16.7. The van der Waals surface area contributed by atoms with Crippen molar-refractivity contribution < 1.29 is 13.2 Å². The fourth-order valence-corrected chi connectivity index (χ4v) is 4.34. The van der Waals surface area contributed by atoms with Gasteiger partial charge in [0.25, 0.3) is 10.0 Å². The summed E-state index contributed by atoms with van der Waals surface area (Å²) >= 11 is 0. The van der Waals surface area contributed by atoms with Gasteiger partial charge in [-0.15, -0.1) is 0 Å². The van der Waals surface area contributed by atoms with E-state index in [1.807, 2.05) is 0 Å². The van der Waals surface area contributed by atoms with E-state index in [0.29, 0.717) is 35.4 Å². The van der Waals surface area contributed by atoms with Crippen molar-refractivity contribution in [2.75, 3.05) is 11.9 Å². The molecule has 154 valence electrons. The smallest absolute Gasteiger partial charge is 0.262 e. The highest BCUT2D eigenvalue weighted by Gasteiger charge is 2.19. The second-order valence-corrected chi connectivity index (χ2v) is 8.48. The predicted molar refractivity (Wildman–Crippen MR) is 113 cm³/mol. The van der Waals surface area contributed by atoms with Gasteiger partial charge >= 0.3 is 0 Å². The number of hydrogen-bond donors (Lipinski definition) is 2. The maximum absolute atomic E-state index is 12.5. The molecule has 0 fully saturated rings. The number of benzene rings is 2. The normalized spacial score (nSPS) is 13.8. The number of carbonyl (C=O) groups excluding carboxylic acids is 1. The van der Waals surface area contributed by atoms with Gasteiger partial charge in [-0.25, -0.2) is 8.42 Å². The fraction of sp³-hybridized carbons (Fsp3) is 0.200. The number of fused-ring (bicyclic) bond motifs is 1. The van der Waals surface area contributed by atoms with Gasteiger partial charge in [-0.05, 0) is 36.8 Å². The van der Waals surface area contributed by atoms with Gasteiger partial charge in [-0.2, -0.15) is 5.10 Å². The number of para-hydroxylation sites is 1. The summed E-state index contributed by atoms with van der Waals surface area (Å²) in [6.45, 7) is 0.481. The van der Waals surface area contributed by atoms with Crippen molar-refractivity contribution in [1.29, 1.82) is 0 Å². The van der Waals surface area contributed by atoms with Crippen LogP contribution in [-0.4, -0.2) is 36.5 Å². The molecule has 1 aliphatic rings. The van der Waals surface area contributed by atoms with Gasteiger partial charge in [-0.3, -0.25) is 24.0 Å². The van der Waals surface area contributed by atoms with E-state index >= 15 is 0 Å². The standard InChI is InChI=1S/C20H19N5O4S/c26-18-12-22-25(17-8-2-1-7-16(17)18)13-20(27)23-14-5-3-6-15(11-14)30(28,29)24-19-9-4-10-21-19/h1-3,5-8,11-12H,4,9-10,13H2,(H,21,24)(H,23,27). The lowest BCUT2D eigenvalue weighted by Gasteiger charge is -2.11. The largest absolute Gasteiger partial charge is 0.324 e. The molecule has 0 aliphatic carbocycles. The fourth-order valence-electron chi connectivity index (χ4n) is 3.20. The van der Waals surface area contributed by atoms with E-state index in [0.717, 1.165) is 6.42 Å². The molecule has 0 spiro atoms. The Labute approximate surface area is 172 Å². The van der Waals surface area contributed by atoms with Crippen molar-refractivity contribution in [3.63, 3.8) is 0 Å². The molecule has 1 aromatic heterocycles. The lowest BCUT2D eigenvalue weighted by molar-refractivity contribution is -0.116. The summed E-state index contributed by atoms with van der Waals surface area (Å²) in [6, 6.07) is 12.9. The van der Waals surface area contributed by atoms with Crippen molar-refractivity contribution in [2.24, 2.45) is 4.99 Å². The molecule has 30 heavy (non-hydrogen) atoms. The third kappa shape index (κ3) is 4.23. The Morgan fingerprint density at radius 3 is 2.77 bits per heavy atom. The van der Waals surface area contributed by atoms with Crippen molar-refractivity contribution >= 4 is 38.4 Å². The highest BCUT2D eigenvalue weighted by atomic mass is 32.2. The van der Waals surface area contributed by atoms with Crippen molar-refractivity contribution in [2.45, 2.75) is 24.3 Å². The minimum atomic E-state index is -3.78. The van der Waals surface area contributed by atoms with Gasteiger partial charge in [0, 0.05) is 24.0 Å². The van der Waals surface area contributed by atoms with Gasteiger partial charge in [0.05, 0.1) is 16.6 Å². The van der Waals surface area contributed by atoms with Crippen LogP contribution in [0.2, 0.25) is 0 Å². The number of carbonyl (C=O) groups is 1. The summed E-state index contributed by atoms with van der Waals surface area (Å²) in [5, 5.41) is 7.17. The van der Waals surface area contributed by atoms with E-state index in [1.54, 1.807) is 36.4 Å². The summed E-state index contributed by atoms with van der Waals surface area (Å²) in [6.07, 6.45) is 2.58. The minimum absolute atomic E-state index is 0.0295. The number of hydrogen-bond acceptors (Lipinski definition) is 6. The highest BCUT2D eigenvalue weighted by molar-refractivity contribution is 7.90. The summed E-state index contributed by atoms with van der Waals surface area (Å²) < 4.78 is 29.0. The van der Waals surface area contributed by atoms with Crippen LogP contribution in [0.3, 0.4) is 0 Å². The molecule has 9 nitrogen and oxygen atoms in total. The Morgan fingerprint density at radius 1 is 1.13 bits per heavy atom. The summed E-state index contributed by atoms with van der Waals surface area (Å²) in [5.41, 5.74) is 0.652. The Kier molecular flexibility index (Phi) is 5.32. The monoisotopic (exact) mass is 425 g/mol. The third-order valence-corrected chi connectivity index (χ3v) is 5.99. The summed E-state index contributed by atoms with van der Waals surface area (Å²) in [4.78, 5) is 28.6. The van der Waals surface area contributed by atoms with E-state index in [-0.39, 0.29) is 16.9 Å². The SMILES string of the molecule is O=C(Cn1ncc(=O)c2ccccc21)Nc1cccc(S(=O)(=O)NC2=NCCC2)c1. The van der Waals surface area contributed by atoms with Crippen molar-refractivity contribution in [3.8, 4) is 0 Å². The molecule has 0 saturated heterocycles. The molecule has 0 atom stereocenters. The number of aliphatic imine (C=N–C) groups is 1. The van der Waals surface area contributed by atoms with E-state index in [4.69, 9.17) is 0 Å². The van der Waals surface area contributed by atoms with Crippen LogP contribution in [0.4, 0.5) is 5.69 Å². The topological polar surface area (TPSA) is 123 Å². The van der Waals surface area contributed by atoms with E-state index in [2.05, 4.69) is 20.1 Å². The highest BCUT2D eigenvalue weighted by Crippen LogP contribution is 2.17. The number of nitrogens with zero attached hydrogens (tertiary/aromatic N) is 3. The molecule has 2 N–H and O–H groups in total. The van der Waals surface area contributed by atoms with Crippen molar-refractivity contribution in [3.05, 3.63) is 65.0 Å². The lowest BCUT2D eigenvalue weighted by atomic mass is 10.2. The van der Waals surface area contributed by atoms with Crippen LogP contribution in [0.1, 0.15) is 12.8 Å². The Hall–Kier alpha value is -3.53. The first-order valence-electron chi connectivity index (χ1n) is 9.33. The van der Waals surface area contributed by atoms with E-state index in [9.17, 15) is 18.0 Å². The molecular formula is C20H19N5O4S. The van der Waals surface area contributed by atoms with Crippen molar-refractivity contribution in [1.82, 2.24) is 14.5 Å². The third-order valence-electron chi connectivity index (χ3n) is 4.61. The van der Waals surface area contributed by atoms with Crippen LogP contribution in [0, 0.1) is 0 Å². The first-order chi connectivity index (χ1) is 14.4. The zero-order valence-electron chi connectivity index (χ0n) is 15.9. The molecule has 4 rings (SSSR count). The van der Waals surface area contributed by atoms with E-state index < -0.39 is 15.9 Å². The first-order valence-corrected chi connectivity index (χ1v) is 10.8. The Bertz CT molecular complexity index is 1310. The molecular weight excluding hydrogens is 406 g/mol. The molecule has 10 heteroatoms. The number of anilines is 1. The quantitative estimate of drug-likeness (QED) is 0.641. The molecule has 2 aromatic carbocycles. The van der Waals surface area contributed by atoms with Gasteiger partial charge in [0.15, 0.2) is 0 Å². The van der Waals surface area contributed by atoms with Crippen LogP contribution in [0.25, 0.3) is 10.9 Å². The minimum Gasteiger partial charge on any atom is -0.324 e. The van der Waals surface area contributed by atoms with Gasteiger partial charge < -0.3 is 5.32 Å². The maximum Gasteiger partial charge on any atom is 0.262 e. The predicted octanol–water partition coefficient (Wildman–Crippen LogP) is 1.51. The molecule has 1 amide bonds. The average molecular weight is 425 g/mol. The molecule has 0 unspecified atom stereocenters. The Morgan fingerprint density at radius 2 is 1.97 bits per heavy atom. The second-order valence-electron chi connectivity index (χ2n) is 6.80. The molecule has 3 aromatic rings. The summed E-state index contributed by atoms with van der Waals surface area (Å²) in [7, 11) is -3.78. The van der Waals surface area contributed by atoms with Gasteiger partial charge in [-0.1, -0.05) is 18.2 Å². The summed E-state index contributed by atoms with van der Waals surface area (Å²) in [5.74, 6) is 0.0413. The number of amides is 1. The van der Waals surface area contributed by atoms with Crippen LogP contribution in [0.5, 0.6) is 0 Å². The molecule has 0 saturated carbocycles. The Balaban J connectivity index is 1.51. The number of sulfonamides is 1. The maximum atomic E-state index is 12.5. The number of rotatable bonds is 5. The van der Waals surface area contributed by atoms with E-state index in [1.165, 1.54) is 23.0 Å². The van der Waals surface area contributed by atoms with Crippen LogP contribution in [0.15, 0.2) is 69.4 Å². The number of nitrogens with one attached hydrogen (secondary N) is 2.